The fourth-order valence-electron chi connectivity index (χ4n) is 1.72. The van der Waals surface area contributed by atoms with Crippen molar-refractivity contribution in [2.24, 2.45) is 5.84 Å². The average Bonchev–Trinajstić information content (AvgIpc) is 2.28. The number of nitrogens with two attached hydrogens (primary N) is 1. The van der Waals surface area contributed by atoms with Gasteiger partial charge in [0.05, 0.1) is 0 Å². The van der Waals surface area contributed by atoms with Gasteiger partial charge in [0.2, 0.25) is 0 Å². The number of rotatable bonds is 5. The van der Waals surface area contributed by atoms with E-state index in [-0.39, 0.29) is 5.92 Å². The van der Waals surface area contributed by atoms with Crippen LogP contribution in [0.25, 0.3) is 0 Å². The standard InChI is InChI=1S/C12H23N5/c1-6-17(9(4)5)11-7-10(16-13)14-12(15-11)8(2)3/h7-9H,6,13H2,1-5H3,(H,14,15,16). The quantitative estimate of drug-likeness (QED) is 0.606. The van der Waals surface area contributed by atoms with Crippen LogP contribution in [0.2, 0.25) is 0 Å². The number of hydrogen-bond acceptors (Lipinski definition) is 5. The zero-order valence-electron chi connectivity index (χ0n) is 11.4. The zero-order valence-corrected chi connectivity index (χ0v) is 11.4. The van der Waals surface area contributed by atoms with Crippen LogP contribution in [0.1, 0.15) is 46.4 Å². The van der Waals surface area contributed by atoms with Crippen molar-refractivity contribution >= 4 is 11.6 Å². The molecule has 1 heterocycles. The van der Waals surface area contributed by atoms with Crippen LogP contribution in [0.3, 0.4) is 0 Å². The summed E-state index contributed by atoms with van der Waals surface area (Å²) in [7, 11) is 0. The Morgan fingerprint density at radius 3 is 2.35 bits per heavy atom. The molecule has 1 aromatic rings. The third-order valence-electron chi connectivity index (χ3n) is 2.65. The highest BCUT2D eigenvalue weighted by Crippen LogP contribution is 2.20. The maximum atomic E-state index is 5.45. The van der Waals surface area contributed by atoms with Gasteiger partial charge in [-0.3, -0.25) is 0 Å². The van der Waals surface area contributed by atoms with Crippen LogP contribution in [-0.2, 0) is 0 Å². The van der Waals surface area contributed by atoms with Crippen molar-refractivity contribution in [2.75, 3.05) is 16.9 Å². The Morgan fingerprint density at radius 1 is 1.29 bits per heavy atom. The first-order valence-electron chi connectivity index (χ1n) is 6.11. The summed E-state index contributed by atoms with van der Waals surface area (Å²) in [4.78, 5) is 11.2. The largest absolute Gasteiger partial charge is 0.354 e. The normalized spacial score (nSPS) is 11.1. The number of anilines is 2. The van der Waals surface area contributed by atoms with Crippen molar-refractivity contribution in [1.29, 1.82) is 0 Å². The first-order valence-corrected chi connectivity index (χ1v) is 6.11. The first kappa shape index (κ1) is 13.7. The topological polar surface area (TPSA) is 67.1 Å². The maximum absolute atomic E-state index is 5.45. The Morgan fingerprint density at radius 2 is 1.94 bits per heavy atom. The van der Waals surface area contributed by atoms with E-state index in [1.807, 2.05) is 6.07 Å². The van der Waals surface area contributed by atoms with Gasteiger partial charge in [0.15, 0.2) is 0 Å². The van der Waals surface area contributed by atoms with Gasteiger partial charge in [-0.15, -0.1) is 0 Å². The molecule has 17 heavy (non-hydrogen) atoms. The summed E-state index contributed by atoms with van der Waals surface area (Å²) in [6.45, 7) is 11.5. The molecule has 3 N–H and O–H groups in total. The highest BCUT2D eigenvalue weighted by molar-refractivity contribution is 5.49. The van der Waals surface area contributed by atoms with Crippen molar-refractivity contribution in [3.63, 3.8) is 0 Å². The van der Waals surface area contributed by atoms with Gasteiger partial charge in [-0.05, 0) is 20.8 Å². The van der Waals surface area contributed by atoms with Crippen molar-refractivity contribution in [1.82, 2.24) is 9.97 Å². The number of nitrogens with zero attached hydrogens (tertiary/aromatic N) is 3. The molecule has 1 aromatic heterocycles. The smallest absolute Gasteiger partial charge is 0.145 e. The molecule has 5 nitrogen and oxygen atoms in total. The fraction of sp³-hybridized carbons (Fsp3) is 0.667. The molecule has 96 valence electrons. The molecule has 0 fully saturated rings. The van der Waals surface area contributed by atoms with Crippen molar-refractivity contribution < 1.29 is 0 Å². The average molecular weight is 237 g/mol. The van der Waals surface area contributed by atoms with Crippen LogP contribution in [0.5, 0.6) is 0 Å². The van der Waals surface area contributed by atoms with E-state index in [9.17, 15) is 0 Å². The van der Waals surface area contributed by atoms with E-state index in [1.54, 1.807) is 0 Å². The molecular formula is C12H23N5. The molecule has 0 atom stereocenters. The lowest BCUT2D eigenvalue weighted by Crippen LogP contribution is -2.31. The lowest BCUT2D eigenvalue weighted by atomic mass is 10.2. The van der Waals surface area contributed by atoms with Crippen LogP contribution in [-0.4, -0.2) is 22.6 Å². The van der Waals surface area contributed by atoms with Crippen LogP contribution in [0.4, 0.5) is 11.6 Å². The Hall–Kier alpha value is -1.36. The summed E-state index contributed by atoms with van der Waals surface area (Å²) < 4.78 is 0. The lowest BCUT2D eigenvalue weighted by Gasteiger charge is -2.27. The van der Waals surface area contributed by atoms with Gasteiger partial charge in [0, 0.05) is 24.6 Å². The molecule has 0 aromatic carbocycles. The van der Waals surface area contributed by atoms with E-state index in [0.717, 1.165) is 18.2 Å². The highest BCUT2D eigenvalue weighted by Gasteiger charge is 2.14. The zero-order chi connectivity index (χ0) is 13.0. The number of aromatic nitrogens is 2. The molecule has 1 rings (SSSR count). The molecule has 0 aliphatic heterocycles. The summed E-state index contributed by atoms with van der Waals surface area (Å²) >= 11 is 0. The van der Waals surface area contributed by atoms with Crippen LogP contribution in [0, 0.1) is 0 Å². The molecule has 0 amide bonds. The molecule has 0 spiro atoms. The highest BCUT2D eigenvalue weighted by atomic mass is 15.3. The summed E-state index contributed by atoms with van der Waals surface area (Å²) in [6, 6.07) is 2.29. The summed E-state index contributed by atoms with van der Waals surface area (Å²) in [5, 5.41) is 0. The minimum absolute atomic E-state index is 0.285. The molecule has 0 bridgehead atoms. The van der Waals surface area contributed by atoms with E-state index in [4.69, 9.17) is 5.84 Å². The van der Waals surface area contributed by atoms with E-state index in [1.165, 1.54) is 0 Å². The molecule has 0 unspecified atom stereocenters. The van der Waals surface area contributed by atoms with E-state index in [2.05, 4.69) is 54.9 Å². The SMILES string of the molecule is CCN(c1cc(NN)nc(C(C)C)n1)C(C)C. The predicted octanol–water partition coefficient (Wildman–Crippen LogP) is 2.12. The monoisotopic (exact) mass is 237 g/mol. The van der Waals surface area contributed by atoms with Gasteiger partial charge in [0.1, 0.15) is 17.5 Å². The summed E-state index contributed by atoms with van der Waals surface area (Å²) in [6.07, 6.45) is 0. The third-order valence-corrected chi connectivity index (χ3v) is 2.65. The number of nitrogens with one attached hydrogen (secondary N) is 1. The van der Waals surface area contributed by atoms with Crippen LogP contribution in [0.15, 0.2) is 6.07 Å². The van der Waals surface area contributed by atoms with Gasteiger partial charge < -0.3 is 10.3 Å². The molecule has 0 radical (unpaired) electrons. The second-order valence-electron chi connectivity index (χ2n) is 4.65. The predicted molar refractivity (Wildman–Crippen MR) is 72.1 cm³/mol. The summed E-state index contributed by atoms with van der Waals surface area (Å²) in [5.74, 6) is 8.14. The van der Waals surface area contributed by atoms with Gasteiger partial charge in [-0.2, -0.15) is 0 Å². The minimum atomic E-state index is 0.285. The molecule has 0 aliphatic rings. The van der Waals surface area contributed by atoms with E-state index in [0.29, 0.717) is 11.9 Å². The Labute approximate surface area is 103 Å². The Kier molecular flexibility index (Phi) is 4.69. The number of hydrazine groups is 1. The molecule has 0 saturated heterocycles. The molecular weight excluding hydrogens is 214 g/mol. The van der Waals surface area contributed by atoms with Gasteiger partial charge in [-0.25, -0.2) is 15.8 Å². The van der Waals surface area contributed by atoms with E-state index >= 15 is 0 Å². The lowest BCUT2D eigenvalue weighted by molar-refractivity contribution is 0.680. The van der Waals surface area contributed by atoms with Crippen molar-refractivity contribution in [3.05, 3.63) is 11.9 Å². The van der Waals surface area contributed by atoms with Gasteiger partial charge >= 0.3 is 0 Å². The second-order valence-corrected chi connectivity index (χ2v) is 4.65. The number of nitrogen functional groups attached to an aromatic ring is 1. The number of hydrogen-bond donors (Lipinski definition) is 2. The van der Waals surface area contributed by atoms with Crippen LogP contribution >= 0.6 is 0 Å². The Balaban J connectivity index is 3.17. The van der Waals surface area contributed by atoms with E-state index < -0.39 is 0 Å². The van der Waals surface area contributed by atoms with Gasteiger partial charge in [-0.1, -0.05) is 13.8 Å². The second kappa shape index (κ2) is 5.82. The molecule has 0 saturated carbocycles. The van der Waals surface area contributed by atoms with Crippen molar-refractivity contribution in [2.45, 2.75) is 46.6 Å². The van der Waals surface area contributed by atoms with Crippen LogP contribution < -0.4 is 16.2 Å². The Bertz CT molecular complexity index is 362. The van der Waals surface area contributed by atoms with Crippen molar-refractivity contribution in [3.8, 4) is 0 Å². The minimum Gasteiger partial charge on any atom is -0.354 e. The molecule has 0 aliphatic carbocycles. The fourth-order valence-corrected chi connectivity index (χ4v) is 1.72. The molecule has 5 heteroatoms. The first-order chi connectivity index (χ1) is 7.99. The summed E-state index contributed by atoms with van der Waals surface area (Å²) in [5.41, 5.74) is 2.60. The third kappa shape index (κ3) is 3.30. The maximum Gasteiger partial charge on any atom is 0.145 e. The van der Waals surface area contributed by atoms with Gasteiger partial charge in [0.25, 0.3) is 0 Å².